The number of aryl methyl sites for hydroxylation is 1. The normalized spacial score (nSPS) is 13.8. The van der Waals surface area contributed by atoms with Crippen LogP contribution < -0.4 is 10.1 Å². The molecule has 0 fully saturated rings. The molecule has 0 amide bonds. The van der Waals surface area contributed by atoms with Gasteiger partial charge in [-0.3, -0.25) is 0 Å². The second kappa shape index (κ2) is 6.72. The van der Waals surface area contributed by atoms with Crippen molar-refractivity contribution >= 4 is 0 Å². The molecule has 0 bridgehead atoms. The predicted molar refractivity (Wildman–Crippen MR) is 84.1 cm³/mol. The Morgan fingerprint density at radius 3 is 2.10 bits per heavy atom. The summed E-state index contributed by atoms with van der Waals surface area (Å²) in [6.07, 6.45) is 0. The van der Waals surface area contributed by atoms with Crippen molar-refractivity contribution in [2.45, 2.75) is 32.9 Å². The number of nitrogens with one attached hydrogen (secondary N) is 1. The number of benzene rings is 2. The Morgan fingerprint density at radius 1 is 0.952 bits per heavy atom. The molecule has 3 heteroatoms. The maximum atomic E-state index is 13.8. The van der Waals surface area contributed by atoms with Gasteiger partial charge in [-0.2, -0.15) is 0 Å². The average molecular weight is 287 g/mol. The van der Waals surface area contributed by atoms with Crippen molar-refractivity contribution in [1.29, 1.82) is 0 Å². The molecule has 112 valence electrons. The summed E-state index contributed by atoms with van der Waals surface area (Å²) >= 11 is 0. The SMILES string of the molecule is COc1ccc(C(C)N[C@H](C)c2ccc(C)cc2)cc1F. The molecule has 0 aromatic heterocycles. The monoisotopic (exact) mass is 287 g/mol. The number of hydrogen-bond donors (Lipinski definition) is 1. The van der Waals surface area contributed by atoms with Crippen LogP contribution in [0.5, 0.6) is 5.75 Å². The summed E-state index contributed by atoms with van der Waals surface area (Å²) < 4.78 is 18.7. The fourth-order valence-corrected chi connectivity index (χ4v) is 2.37. The Morgan fingerprint density at radius 2 is 1.52 bits per heavy atom. The number of rotatable bonds is 5. The Balaban J connectivity index is 2.08. The molecular weight excluding hydrogens is 265 g/mol. The predicted octanol–water partition coefficient (Wildman–Crippen LogP) is 4.55. The van der Waals surface area contributed by atoms with E-state index in [4.69, 9.17) is 4.74 Å². The van der Waals surface area contributed by atoms with E-state index in [2.05, 4.69) is 43.4 Å². The van der Waals surface area contributed by atoms with E-state index in [1.54, 1.807) is 6.07 Å². The van der Waals surface area contributed by atoms with Gasteiger partial charge in [-0.25, -0.2) is 4.39 Å². The first-order valence-electron chi connectivity index (χ1n) is 7.17. The second-order valence-electron chi connectivity index (χ2n) is 5.41. The molecule has 2 aromatic carbocycles. The van der Waals surface area contributed by atoms with E-state index in [-0.39, 0.29) is 23.7 Å². The van der Waals surface area contributed by atoms with E-state index in [1.807, 2.05) is 13.0 Å². The summed E-state index contributed by atoms with van der Waals surface area (Å²) in [4.78, 5) is 0. The zero-order chi connectivity index (χ0) is 15.4. The first-order chi connectivity index (χ1) is 10.0. The minimum atomic E-state index is -0.327. The molecule has 0 aliphatic rings. The molecule has 2 atom stereocenters. The van der Waals surface area contributed by atoms with Crippen LogP contribution in [-0.4, -0.2) is 7.11 Å². The lowest BCUT2D eigenvalue weighted by Gasteiger charge is -2.21. The molecule has 0 spiro atoms. The Kier molecular flexibility index (Phi) is 4.97. The van der Waals surface area contributed by atoms with Crippen molar-refractivity contribution < 1.29 is 9.13 Å². The lowest BCUT2D eigenvalue weighted by Crippen LogP contribution is -2.22. The van der Waals surface area contributed by atoms with E-state index in [9.17, 15) is 4.39 Å². The molecule has 0 saturated heterocycles. The summed E-state index contributed by atoms with van der Waals surface area (Å²) in [5, 5.41) is 3.49. The van der Waals surface area contributed by atoms with Gasteiger partial charge >= 0.3 is 0 Å². The van der Waals surface area contributed by atoms with E-state index in [0.717, 1.165) is 5.56 Å². The molecule has 0 radical (unpaired) electrons. The van der Waals surface area contributed by atoms with Crippen LogP contribution in [0.4, 0.5) is 4.39 Å². The third-order valence-corrected chi connectivity index (χ3v) is 3.75. The smallest absolute Gasteiger partial charge is 0.165 e. The van der Waals surface area contributed by atoms with Crippen molar-refractivity contribution in [2.75, 3.05) is 7.11 Å². The number of hydrogen-bond acceptors (Lipinski definition) is 2. The fraction of sp³-hybridized carbons (Fsp3) is 0.333. The van der Waals surface area contributed by atoms with Crippen LogP contribution in [0.3, 0.4) is 0 Å². The third kappa shape index (κ3) is 3.82. The molecule has 0 aliphatic carbocycles. The molecular formula is C18H22FNO. The van der Waals surface area contributed by atoms with E-state index in [1.165, 1.54) is 24.3 Å². The maximum absolute atomic E-state index is 13.8. The van der Waals surface area contributed by atoms with Crippen LogP contribution in [0.1, 0.15) is 42.6 Å². The standard InChI is InChI=1S/C18H22FNO/c1-12-5-7-15(8-6-12)13(2)20-14(3)16-9-10-18(21-4)17(19)11-16/h5-11,13-14,20H,1-4H3/t13-,14?/m1/s1. The van der Waals surface area contributed by atoms with Crippen LogP contribution in [-0.2, 0) is 0 Å². The second-order valence-corrected chi connectivity index (χ2v) is 5.41. The minimum absolute atomic E-state index is 0.0571. The van der Waals surface area contributed by atoms with Crippen molar-refractivity contribution in [1.82, 2.24) is 5.32 Å². The molecule has 2 aromatic rings. The molecule has 1 N–H and O–H groups in total. The van der Waals surface area contributed by atoms with Gasteiger partial charge < -0.3 is 10.1 Å². The Labute approximate surface area is 126 Å². The Hall–Kier alpha value is -1.87. The summed E-state index contributed by atoms with van der Waals surface area (Å²) in [6.45, 7) is 6.22. The topological polar surface area (TPSA) is 21.3 Å². The van der Waals surface area contributed by atoms with E-state index in [0.29, 0.717) is 0 Å². The van der Waals surface area contributed by atoms with Crippen LogP contribution in [0, 0.1) is 12.7 Å². The molecule has 21 heavy (non-hydrogen) atoms. The molecule has 0 saturated carbocycles. The molecule has 0 heterocycles. The number of halogens is 1. The van der Waals surface area contributed by atoms with Crippen LogP contribution in [0.2, 0.25) is 0 Å². The highest BCUT2D eigenvalue weighted by Crippen LogP contribution is 2.24. The summed E-state index contributed by atoms with van der Waals surface area (Å²) in [5.74, 6) is -0.0517. The summed E-state index contributed by atoms with van der Waals surface area (Å²) in [5.41, 5.74) is 3.38. The van der Waals surface area contributed by atoms with Gasteiger partial charge in [0, 0.05) is 12.1 Å². The lowest BCUT2D eigenvalue weighted by molar-refractivity contribution is 0.385. The fourth-order valence-electron chi connectivity index (χ4n) is 2.37. The Bertz CT molecular complexity index is 595. The zero-order valence-electron chi connectivity index (χ0n) is 13.0. The largest absolute Gasteiger partial charge is 0.494 e. The van der Waals surface area contributed by atoms with E-state index < -0.39 is 0 Å². The third-order valence-electron chi connectivity index (χ3n) is 3.75. The quantitative estimate of drug-likeness (QED) is 0.870. The van der Waals surface area contributed by atoms with Crippen molar-refractivity contribution in [3.8, 4) is 5.75 Å². The van der Waals surface area contributed by atoms with Crippen LogP contribution in [0.25, 0.3) is 0 Å². The van der Waals surface area contributed by atoms with Gasteiger partial charge in [0.15, 0.2) is 11.6 Å². The first-order valence-corrected chi connectivity index (χ1v) is 7.17. The highest BCUT2D eigenvalue weighted by Gasteiger charge is 2.13. The molecule has 0 aliphatic heterocycles. The van der Waals surface area contributed by atoms with Gasteiger partial charge in [0.05, 0.1) is 7.11 Å². The molecule has 2 nitrogen and oxygen atoms in total. The average Bonchev–Trinajstić information content (AvgIpc) is 2.47. The van der Waals surface area contributed by atoms with Gasteiger partial charge in [-0.05, 0) is 44.0 Å². The highest BCUT2D eigenvalue weighted by molar-refractivity contribution is 5.31. The number of ether oxygens (including phenoxy) is 1. The van der Waals surface area contributed by atoms with Crippen molar-refractivity contribution in [3.63, 3.8) is 0 Å². The molecule has 1 unspecified atom stereocenters. The lowest BCUT2D eigenvalue weighted by atomic mass is 10.0. The minimum Gasteiger partial charge on any atom is -0.494 e. The summed E-state index contributed by atoms with van der Waals surface area (Å²) in [6, 6.07) is 13.8. The van der Waals surface area contributed by atoms with Gasteiger partial charge in [0.1, 0.15) is 0 Å². The van der Waals surface area contributed by atoms with Gasteiger partial charge in [0.2, 0.25) is 0 Å². The molecule has 2 rings (SSSR count). The van der Waals surface area contributed by atoms with Gasteiger partial charge in [-0.1, -0.05) is 35.9 Å². The number of methoxy groups -OCH3 is 1. The first kappa shape index (κ1) is 15.5. The maximum Gasteiger partial charge on any atom is 0.165 e. The van der Waals surface area contributed by atoms with Gasteiger partial charge in [0.25, 0.3) is 0 Å². The van der Waals surface area contributed by atoms with Gasteiger partial charge in [-0.15, -0.1) is 0 Å². The highest BCUT2D eigenvalue weighted by atomic mass is 19.1. The zero-order valence-corrected chi connectivity index (χ0v) is 13.0. The van der Waals surface area contributed by atoms with Crippen LogP contribution >= 0.6 is 0 Å². The summed E-state index contributed by atoms with van der Waals surface area (Å²) in [7, 11) is 1.47. The van der Waals surface area contributed by atoms with Crippen molar-refractivity contribution in [3.05, 3.63) is 65.0 Å². The van der Waals surface area contributed by atoms with E-state index >= 15 is 0 Å². The van der Waals surface area contributed by atoms with Crippen molar-refractivity contribution in [2.24, 2.45) is 0 Å². The van der Waals surface area contributed by atoms with Crippen LogP contribution in [0.15, 0.2) is 42.5 Å².